The Morgan fingerprint density at radius 3 is 2.43 bits per heavy atom. The average molecular weight is 414 g/mol. The fraction of sp³-hybridized carbons (Fsp3) is 0.143. The van der Waals surface area contributed by atoms with Crippen molar-refractivity contribution in [3.8, 4) is 5.75 Å². The lowest BCUT2D eigenvalue weighted by Crippen LogP contribution is -2.09. The van der Waals surface area contributed by atoms with Crippen molar-refractivity contribution in [1.82, 2.24) is 0 Å². The molecule has 0 N–H and O–H groups in total. The summed E-state index contributed by atoms with van der Waals surface area (Å²) in [6, 6.07) is 22.9. The maximum absolute atomic E-state index is 6.38. The summed E-state index contributed by atoms with van der Waals surface area (Å²) in [5.74, 6) is 0.930. The monoisotopic (exact) mass is 414 g/mol. The van der Waals surface area contributed by atoms with Crippen molar-refractivity contribution in [1.29, 1.82) is 0 Å². The molecule has 0 bridgehead atoms. The SMILES string of the molecule is C=C(C)CC(Oc1ccc2ccccc2c1I)c1ccccc1. The first-order valence-corrected chi connectivity index (χ1v) is 8.76. The van der Waals surface area contributed by atoms with Crippen LogP contribution in [0.5, 0.6) is 5.75 Å². The minimum atomic E-state index is -0.0108. The molecule has 0 heterocycles. The number of hydrogen-bond acceptors (Lipinski definition) is 1. The van der Waals surface area contributed by atoms with Crippen LogP contribution in [0.25, 0.3) is 10.8 Å². The second-order valence-corrected chi connectivity index (χ2v) is 6.86. The third-order valence-electron chi connectivity index (χ3n) is 3.80. The minimum absolute atomic E-state index is 0.0108. The van der Waals surface area contributed by atoms with Gasteiger partial charge in [-0.05, 0) is 51.9 Å². The zero-order chi connectivity index (χ0) is 16.2. The van der Waals surface area contributed by atoms with Gasteiger partial charge in [0.25, 0.3) is 0 Å². The summed E-state index contributed by atoms with van der Waals surface area (Å²) in [5, 5.41) is 2.47. The van der Waals surface area contributed by atoms with E-state index in [0.29, 0.717) is 0 Å². The lowest BCUT2D eigenvalue weighted by Gasteiger charge is -2.21. The van der Waals surface area contributed by atoms with Crippen molar-refractivity contribution in [3.05, 3.63) is 88.0 Å². The molecule has 0 radical (unpaired) electrons. The van der Waals surface area contributed by atoms with Gasteiger partial charge in [-0.1, -0.05) is 72.8 Å². The maximum Gasteiger partial charge on any atom is 0.134 e. The van der Waals surface area contributed by atoms with Crippen molar-refractivity contribution < 1.29 is 4.74 Å². The summed E-state index contributed by atoms with van der Waals surface area (Å²) < 4.78 is 7.54. The predicted molar refractivity (Wildman–Crippen MR) is 106 cm³/mol. The molecule has 0 saturated carbocycles. The van der Waals surface area contributed by atoms with Crippen molar-refractivity contribution in [2.24, 2.45) is 0 Å². The van der Waals surface area contributed by atoms with Gasteiger partial charge in [-0.15, -0.1) is 0 Å². The summed E-state index contributed by atoms with van der Waals surface area (Å²) in [5.41, 5.74) is 2.30. The van der Waals surface area contributed by atoms with Gasteiger partial charge >= 0.3 is 0 Å². The summed E-state index contributed by atoms with van der Waals surface area (Å²) in [6.07, 6.45) is 0.802. The molecule has 3 aromatic carbocycles. The Labute approximate surface area is 151 Å². The number of ether oxygens (including phenoxy) is 1. The fourth-order valence-corrected chi connectivity index (χ4v) is 3.47. The Balaban J connectivity index is 1.97. The van der Waals surface area contributed by atoms with Gasteiger partial charge in [-0.3, -0.25) is 0 Å². The average Bonchev–Trinajstić information content (AvgIpc) is 2.57. The molecule has 0 aliphatic heterocycles. The van der Waals surface area contributed by atoms with Crippen LogP contribution in [0.2, 0.25) is 0 Å². The van der Waals surface area contributed by atoms with E-state index in [1.165, 1.54) is 16.3 Å². The third-order valence-corrected chi connectivity index (χ3v) is 4.91. The minimum Gasteiger partial charge on any atom is -0.484 e. The number of benzene rings is 3. The Hall–Kier alpha value is -1.81. The van der Waals surface area contributed by atoms with Crippen LogP contribution in [0.4, 0.5) is 0 Å². The van der Waals surface area contributed by atoms with Gasteiger partial charge in [0.05, 0.1) is 3.57 Å². The second kappa shape index (κ2) is 7.18. The van der Waals surface area contributed by atoms with Crippen LogP contribution in [0.1, 0.15) is 25.0 Å². The van der Waals surface area contributed by atoms with Crippen LogP contribution in [-0.4, -0.2) is 0 Å². The number of fused-ring (bicyclic) bond motifs is 1. The highest BCUT2D eigenvalue weighted by molar-refractivity contribution is 14.1. The fourth-order valence-electron chi connectivity index (χ4n) is 2.67. The number of halogens is 1. The molecule has 1 atom stereocenters. The molecule has 2 heteroatoms. The molecule has 0 saturated heterocycles. The van der Waals surface area contributed by atoms with E-state index in [2.05, 4.69) is 89.8 Å². The Morgan fingerprint density at radius 2 is 1.70 bits per heavy atom. The smallest absolute Gasteiger partial charge is 0.134 e. The maximum atomic E-state index is 6.38. The van der Waals surface area contributed by atoms with Gasteiger partial charge in [0.2, 0.25) is 0 Å². The van der Waals surface area contributed by atoms with Crippen LogP contribution >= 0.6 is 22.6 Å². The summed E-state index contributed by atoms with van der Waals surface area (Å²) in [6.45, 7) is 6.10. The zero-order valence-corrected chi connectivity index (χ0v) is 15.3. The Morgan fingerprint density at radius 1 is 1.00 bits per heavy atom. The Bertz CT molecular complexity index is 824. The largest absolute Gasteiger partial charge is 0.484 e. The first-order chi connectivity index (χ1) is 11.1. The zero-order valence-electron chi connectivity index (χ0n) is 13.1. The summed E-state index contributed by atoms with van der Waals surface area (Å²) >= 11 is 2.38. The van der Waals surface area contributed by atoms with Crippen LogP contribution in [0, 0.1) is 3.57 Å². The molecule has 1 nitrogen and oxygen atoms in total. The molecule has 3 rings (SSSR count). The quantitative estimate of drug-likeness (QED) is 0.341. The van der Waals surface area contributed by atoms with Gasteiger partial charge in [-0.25, -0.2) is 0 Å². The van der Waals surface area contributed by atoms with Gasteiger partial charge in [0.15, 0.2) is 0 Å². The van der Waals surface area contributed by atoms with Crippen LogP contribution in [0.15, 0.2) is 78.9 Å². The van der Waals surface area contributed by atoms with E-state index in [1.807, 2.05) is 13.0 Å². The van der Waals surface area contributed by atoms with Gasteiger partial charge in [0.1, 0.15) is 11.9 Å². The van der Waals surface area contributed by atoms with Gasteiger partial charge < -0.3 is 4.74 Å². The van der Waals surface area contributed by atoms with E-state index in [-0.39, 0.29) is 6.10 Å². The summed E-state index contributed by atoms with van der Waals surface area (Å²) in [4.78, 5) is 0. The van der Waals surface area contributed by atoms with Crippen LogP contribution < -0.4 is 4.74 Å². The molecule has 1 unspecified atom stereocenters. The lowest BCUT2D eigenvalue weighted by atomic mass is 10.0. The predicted octanol–water partition coefficient (Wildman–Crippen LogP) is 6.53. The first-order valence-electron chi connectivity index (χ1n) is 7.68. The molecule has 0 aromatic heterocycles. The second-order valence-electron chi connectivity index (χ2n) is 5.78. The highest BCUT2D eigenvalue weighted by Crippen LogP contribution is 2.34. The highest BCUT2D eigenvalue weighted by atomic mass is 127. The molecule has 3 aromatic rings. The molecule has 23 heavy (non-hydrogen) atoms. The van der Waals surface area contributed by atoms with E-state index in [1.54, 1.807) is 0 Å². The highest BCUT2D eigenvalue weighted by Gasteiger charge is 2.16. The molecule has 0 aliphatic carbocycles. The van der Waals surface area contributed by atoms with E-state index >= 15 is 0 Å². The standard InChI is InChI=1S/C21H19IO/c1-15(2)14-20(17-9-4-3-5-10-17)23-19-13-12-16-8-6-7-11-18(16)21(19)22/h3-13,20H,1,14H2,2H3. The van der Waals surface area contributed by atoms with Gasteiger partial charge in [0, 0.05) is 6.42 Å². The molecule has 0 aliphatic rings. The normalized spacial score (nSPS) is 12.1. The Kier molecular flexibility index (Phi) is 5.01. The molecule has 0 amide bonds. The van der Waals surface area contributed by atoms with Crippen LogP contribution in [-0.2, 0) is 0 Å². The molecular formula is C21H19IO. The van der Waals surface area contributed by atoms with E-state index in [9.17, 15) is 0 Å². The van der Waals surface area contributed by atoms with E-state index < -0.39 is 0 Å². The topological polar surface area (TPSA) is 9.23 Å². The molecular weight excluding hydrogens is 395 g/mol. The third kappa shape index (κ3) is 3.75. The number of hydrogen-bond donors (Lipinski definition) is 0. The lowest BCUT2D eigenvalue weighted by molar-refractivity contribution is 0.205. The summed E-state index contributed by atoms with van der Waals surface area (Å²) in [7, 11) is 0. The van der Waals surface area contributed by atoms with Crippen LogP contribution in [0.3, 0.4) is 0 Å². The van der Waals surface area contributed by atoms with Crippen molar-refractivity contribution >= 4 is 33.4 Å². The van der Waals surface area contributed by atoms with Crippen molar-refractivity contribution in [3.63, 3.8) is 0 Å². The van der Waals surface area contributed by atoms with Crippen molar-refractivity contribution in [2.75, 3.05) is 0 Å². The number of rotatable bonds is 5. The van der Waals surface area contributed by atoms with Gasteiger partial charge in [-0.2, -0.15) is 0 Å². The molecule has 0 spiro atoms. The molecule has 116 valence electrons. The van der Waals surface area contributed by atoms with E-state index in [4.69, 9.17) is 4.74 Å². The van der Waals surface area contributed by atoms with E-state index in [0.717, 1.165) is 21.3 Å². The first kappa shape index (κ1) is 16.1. The molecule has 0 fully saturated rings. The van der Waals surface area contributed by atoms with Crippen molar-refractivity contribution in [2.45, 2.75) is 19.4 Å².